The molecule has 25 heavy (non-hydrogen) atoms. The molecule has 3 aromatic carbocycles. The Labute approximate surface area is 152 Å². The van der Waals surface area contributed by atoms with Gasteiger partial charge in [0, 0.05) is 21.5 Å². The molecule has 0 fully saturated rings. The Morgan fingerprint density at radius 3 is 2.56 bits per heavy atom. The zero-order valence-corrected chi connectivity index (χ0v) is 15.4. The summed E-state index contributed by atoms with van der Waals surface area (Å²) in [5, 5.41) is 6.90. The van der Waals surface area contributed by atoms with Crippen LogP contribution in [-0.2, 0) is 0 Å². The summed E-state index contributed by atoms with van der Waals surface area (Å²) in [4.78, 5) is 6.12. The first-order valence-corrected chi connectivity index (χ1v) is 9.23. The van der Waals surface area contributed by atoms with Crippen LogP contribution in [0.1, 0.15) is 16.0 Å². The molecule has 0 radical (unpaired) electrons. The van der Waals surface area contributed by atoms with Gasteiger partial charge in [0.15, 0.2) is 5.13 Å². The normalized spacial score (nSPS) is 11.0. The summed E-state index contributed by atoms with van der Waals surface area (Å²) in [5.74, 6) is 0. The van der Waals surface area contributed by atoms with Crippen LogP contribution in [0.4, 0.5) is 10.8 Å². The van der Waals surface area contributed by atoms with Gasteiger partial charge in [-0.3, -0.25) is 0 Å². The highest BCUT2D eigenvalue weighted by atomic mass is 32.1. The molecule has 1 heterocycles. The predicted octanol–water partition coefficient (Wildman–Crippen LogP) is 6.63. The minimum Gasteiger partial charge on any atom is -0.331 e. The maximum atomic E-state index is 4.89. The number of rotatable bonds is 3. The van der Waals surface area contributed by atoms with Gasteiger partial charge in [-0.25, -0.2) is 4.98 Å². The lowest BCUT2D eigenvalue weighted by molar-refractivity contribution is 1.32. The molecule has 0 unspecified atom stereocenters. The van der Waals surface area contributed by atoms with Crippen LogP contribution in [0.5, 0.6) is 0 Å². The number of fused-ring (bicyclic) bond motifs is 1. The fraction of sp³-hybridized carbons (Fsp3) is 0.136. The first kappa shape index (κ1) is 15.9. The summed E-state index contributed by atoms with van der Waals surface area (Å²) >= 11 is 1.70. The lowest BCUT2D eigenvalue weighted by atomic mass is 10.0. The molecule has 124 valence electrons. The second-order valence-electron chi connectivity index (χ2n) is 6.39. The molecule has 0 atom stereocenters. The van der Waals surface area contributed by atoms with Gasteiger partial charge in [0.1, 0.15) is 0 Å². The van der Waals surface area contributed by atoms with Crippen molar-refractivity contribution in [1.82, 2.24) is 4.98 Å². The monoisotopic (exact) mass is 344 g/mol. The number of aromatic nitrogens is 1. The van der Waals surface area contributed by atoms with E-state index in [0.717, 1.165) is 16.5 Å². The minimum absolute atomic E-state index is 0.935. The van der Waals surface area contributed by atoms with E-state index in [0.29, 0.717) is 0 Å². The smallest absolute Gasteiger partial charge is 0.187 e. The van der Waals surface area contributed by atoms with Gasteiger partial charge < -0.3 is 5.32 Å². The third-order valence-corrected chi connectivity index (χ3v) is 5.36. The molecule has 0 amide bonds. The highest BCUT2D eigenvalue weighted by Gasteiger charge is 2.13. The molecule has 0 aliphatic carbocycles. The Balaban J connectivity index is 1.74. The number of aryl methyl sites for hydroxylation is 3. The van der Waals surface area contributed by atoms with Crippen LogP contribution in [0, 0.1) is 20.8 Å². The van der Waals surface area contributed by atoms with Crippen LogP contribution in [0.25, 0.3) is 22.0 Å². The van der Waals surface area contributed by atoms with Crippen LogP contribution in [0.15, 0.2) is 60.7 Å². The van der Waals surface area contributed by atoms with Crippen molar-refractivity contribution in [2.24, 2.45) is 0 Å². The largest absolute Gasteiger partial charge is 0.331 e. The van der Waals surface area contributed by atoms with Crippen LogP contribution in [0.3, 0.4) is 0 Å². The van der Waals surface area contributed by atoms with E-state index < -0.39 is 0 Å². The summed E-state index contributed by atoms with van der Waals surface area (Å²) < 4.78 is 0. The van der Waals surface area contributed by atoms with E-state index in [4.69, 9.17) is 4.98 Å². The predicted molar refractivity (Wildman–Crippen MR) is 109 cm³/mol. The molecule has 1 aromatic heterocycles. The fourth-order valence-corrected chi connectivity index (χ4v) is 3.98. The van der Waals surface area contributed by atoms with E-state index in [2.05, 4.69) is 86.8 Å². The lowest BCUT2D eigenvalue weighted by Crippen LogP contribution is -1.92. The number of nitrogens with zero attached hydrogens (tertiary/aromatic N) is 1. The topological polar surface area (TPSA) is 24.9 Å². The average molecular weight is 344 g/mol. The molecular weight excluding hydrogens is 324 g/mol. The van der Waals surface area contributed by atoms with E-state index in [1.807, 2.05) is 0 Å². The van der Waals surface area contributed by atoms with Gasteiger partial charge in [-0.1, -0.05) is 54.1 Å². The van der Waals surface area contributed by atoms with E-state index in [1.54, 1.807) is 11.3 Å². The Kier molecular flexibility index (Phi) is 4.02. The number of thiazole rings is 1. The van der Waals surface area contributed by atoms with E-state index >= 15 is 0 Å². The van der Waals surface area contributed by atoms with Crippen molar-refractivity contribution in [2.45, 2.75) is 20.8 Å². The Morgan fingerprint density at radius 2 is 1.68 bits per heavy atom. The van der Waals surface area contributed by atoms with Crippen molar-refractivity contribution in [3.8, 4) is 11.3 Å². The van der Waals surface area contributed by atoms with Gasteiger partial charge in [-0.2, -0.15) is 0 Å². The van der Waals surface area contributed by atoms with Gasteiger partial charge in [-0.15, -0.1) is 11.3 Å². The van der Waals surface area contributed by atoms with Gasteiger partial charge in [0.05, 0.1) is 5.69 Å². The lowest BCUT2D eigenvalue weighted by Gasteiger charge is -2.07. The average Bonchev–Trinajstić information content (AvgIpc) is 2.97. The van der Waals surface area contributed by atoms with Crippen molar-refractivity contribution in [2.75, 3.05) is 5.32 Å². The SMILES string of the molecule is Cc1ccc(C)c(-c2nc(Nc3cccc4ccccc34)sc2C)c1. The Morgan fingerprint density at radius 1 is 0.880 bits per heavy atom. The number of anilines is 2. The maximum absolute atomic E-state index is 4.89. The highest BCUT2D eigenvalue weighted by molar-refractivity contribution is 7.16. The first-order chi connectivity index (χ1) is 12.1. The van der Waals surface area contributed by atoms with Crippen molar-refractivity contribution in [1.29, 1.82) is 0 Å². The van der Waals surface area contributed by atoms with Crippen LogP contribution < -0.4 is 5.32 Å². The van der Waals surface area contributed by atoms with Crippen molar-refractivity contribution in [3.05, 3.63) is 76.7 Å². The Hall–Kier alpha value is -2.65. The molecule has 0 bridgehead atoms. The summed E-state index contributed by atoms with van der Waals surface area (Å²) in [6.07, 6.45) is 0. The fourth-order valence-electron chi connectivity index (χ4n) is 3.14. The minimum atomic E-state index is 0.935. The van der Waals surface area contributed by atoms with Gasteiger partial charge in [-0.05, 0) is 43.9 Å². The molecule has 0 spiro atoms. The third kappa shape index (κ3) is 3.03. The highest BCUT2D eigenvalue weighted by Crippen LogP contribution is 2.35. The summed E-state index contributed by atoms with van der Waals surface area (Å²) in [6.45, 7) is 6.41. The second-order valence-corrected chi connectivity index (χ2v) is 7.60. The van der Waals surface area contributed by atoms with Gasteiger partial charge >= 0.3 is 0 Å². The number of benzene rings is 3. The molecule has 0 saturated heterocycles. The molecule has 4 rings (SSSR count). The van der Waals surface area contributed by atoms with E-state index in [-0.39, 0.29) is 0 Å². The molecule has 0 saturated carbocycles. The molecule has 0 aliphatic rings. The molecule has 4 aromatic rings. The molecule has 1 N–H and O–H groups in total. The quantitative estimate of drug-likeness (QED) is 0.451. The van der Waals surface area contributed by atoms with Crippen LogP contribution in [0.2, 0.25) is 0 Å². The zero-order valence-electron chi connectivity index (χ0n) is 14.6. The number of nitrogens with one attached hydrogen (secondary N) is 1. The molecule has 2 nitrogen and oxygen atoms in total. The van der Waals surface area contributed by atoms with Crippen LogP contribution >= 0.6 is 11.3 Å². The van der Waals surface area contributed by atoms with Gasteiger partial charge in [0.2, 0.25) is 0 Å². The first-order valence-electron chi connectivity index (χ1n) is 8.41. The molecular formula is C22H20N2S. The van der Waals surface area contributed by atoms with Crippen molar-refractivity contribution >= 4 is 32.9 Å². The Bertz CT molecular complexity index is 1060. The van der Waals surface area contributed by atoms with E-state index in [9.17, 15) is 0 Å². The summed E-state index contributed by atoms with van der Waals surface area (Å²) in [7, 11) is 0. The van der Waals surface area contributed by atoms with Gasteiger partial charge in [0.25, 0.3) is 0 Å². The third-order valence-electron chi connectivity index (χ3n) is 4.48. The standard InChI is InChI=1S/C22H20N2S/c1-14-11-12-15(2)19(13-14)21-16(3)25-22(24-21)23-20-10-6-8-17-7-4-5-9-18(17)20/h4-13H,1-3H3,(H,23,24). The molecule has 3 heteroatoms. The van der Waals surface area contributed by atoms with Crippen molar-refractivity contribution in [3.63, 3.8) is 0 Å². The maximum Gasteiger partial charge on any atom is 0.187 e. The van der Waals surface area contributed by atoms with Crippen LogP contribution in [-0.4, -0.2) is 4.98 Å². The molecule has 0 aliphatic heterocycles. The second kappa shape index (κ2) is 6.34. The van der Waals surface area contributed by atoms with Crippen molar-refractivity contribution < 1.29 is 0 Å². The number of hydrogen-bond acceptors (Lipinski definition) is 3. The number of hydrogen-bond donors (Lipinski definition) is 1. The summed E-state index contributed by atoms with van der Waals surface area (Å²) in [6, 6.07) is 21.3. The van der Waals surface area contributed by atoms with E-state index in [1.165, 1.54) is 32.3 Å². The zero-order chi connectivity index (χ0) is 17.4. The summed E-state index contributed by atoms with van der Waals surface area (Å²) in [5.41, 5.74) is 5.92.